The SMILES string of the molecule is CC1CCCCCN1C(=O)c1cc(Br)c(Br)s1. The fraction of sp³-hybridized carbons (Fsp3) is 0.583. The minimum atomic E-state index is 0.177. The third-order valence-electron chi connectivity index (χ3n) is 3.17. The third-order valence-corrected chi connectivity index (χ3v) is 6.41. The van der Waals surface area contributed by atoms with Gasteiger partial charge in [0.25, 0.3) is 5.91 Å². The number of hydrogen-bond acceptors (Lipinski definition) is 2. The fourth-order valence-electron chi connectivity index (χ4n) is 2.17. The van der Waals surface area contributed by atoms with Crippen LogP contribution in [0.25, 0.3) is 0 Å². The standard InChI is InChI=1S/C12H15Br2NOS/c1-8-5-3-2-4-6-15(8)12(16)10-7-9(13)11(14)17-10/h7-8H,2-6H2,1H3. The molecule has 5 heteroatoms. The monoisotopic (exact) mass is 379 g/mol. The number of halogens is 2. The van der Waals surface area contributed by atoms with Crippen molar-refractivity contribution in [3.05, 3.63) is 19.2 Å². The van der Waals surface area contributed by atoms with Gasteiger partial charge in [-0.15, -0.1) is 11.3 Å². The average Bonchev–Trinajstić information content (AvgIpc) is 2.51. The van der Waals surface area contributed by atoms with Gasteiger partial charge in [-0.1, -0.05) is 12.8 Å². The lowest BCUT2D eigenvalue weighted by Crippen LogP contribution is -2.37. The highest BCUT2D eigenvalue weighted by Gasteiger charge is 2.24. The van der Waals surface area contributed by atoms with Crippen LogP contribution < -0.4 is 0 Å². The molecule has 0 aromatic carbocycles. The highest BCUT2D eigenvalue weighted by molar-refractivity contribution is 9.13. The largest absolute Gasteiger partial charge is 0.335 e. The number of hydrogen-bond donors (Lipinski definition) is 0. The van der Waals surface area contributed by atoms with Gasteiger partial charge in [0.2, 0.25) is 0 Å². The Balaban J connectivity index is 2.17. The molecule has 1 unspecified atom stereocenters. The summed E-state index contributed by atoms with van der Waals surface area (Å²) in [6, 6.07) is 2.28. The minimum absolute atomic E-state index is 0.177. The van der Waals surface area contributed by atoms with E-state index in [9.17, 15) is 4.79 Å². The molecule has 1 aromatic heterocycles. The van der Waals surface area contributed by atoms with Crippen molar-refractivity contribution >= 4 is 49.1 Å². The average molecular weight is 381 g/mol. The lowest BCUT2D eigenvalue weighted by Gasteiger charge is -2.26. The molecule has 1 saturated heterocycles. The molecule has 2 heterocycles. The van der Waals surface area contributed by atoms with Crippen molar-refractivity contribution in [3.63, 3.8) is 0 Å². The number of amides is 1. The second-order valence-corrected chi connectivity index (χ2v) is 7.65. The van der Waals surface area contributed by atoms with Crippen LogP contribution in [-0.2, 0) is 0 Å². The van der Waals surface area contributed by atoms with E-state index in [0.717, 1.165) is 32.5 Å². The Bertz CT molecular complexity index is 399. The Morgan fingerprint density at radius 2 is 2.18 bits per heavy atom. The molecule has 1 amide bonds. The van der Waals surface area contributed by atoms with Crippen LogP contribution in [0, 0.1) is 0 Å². The van der Waals surface area contributed by atoms with Crippen molar-refractivity contribution in [3.8, 4) is 0 Å². The van der Waals surface area contributed by atoms with Gasteiger partial charge in [-0.2, -0.15) is 0 Å². The van der Waals surface area contributed by atoms with Gasteiger partial charge in [-0.3, -0.25) is 4.79 Å². The molecular formula is C12H15Br2NOS. The van der Waals surface area contributed by atoms with E-state index in [1.54, 1.807) is 0 Å². The molecule has 94 valence electrons. The number of thiophene rings is 1. The highest BCUT2D eigenvalue weighted by atomic mass is 79.9. The Kier molecular flexibility index (Phi) is 4.66. The maximum absolute atomic E-state index is 12.4. The molecule has 1 atom stereocenters. The van der Waals surface area contributed by atoms with Gasteiger partial charge in [0.05, 0.1) is 8.66 Å². The van der Waals surface area contributed by atoms with Crippen LogP contribution in [0.5, 0.6) is 0 Å². The molecule has 17 heavy (non-hydrogen) atoms. The maximum atomic E-state index is 12.4. The fourth-order valence-corrected chi connectivity index (χ4v) is 4.16. The first-order chi connectivity index (χ1) is 8.09. The summed E-state index contributed by atoms with van der Waals surface area (Å²) in [7, 11) is 0. The number of likely N-dealkylation sites (tertiary alicyclic amines) is 1. The number of carbonyl (C=O) groups is 1. The lowest BCUT2D eigenvalue weighted by atomic mass is 10.1. The van der Waals surface area contributed by atoms with Crippen molar-refractivity contribution in [2.24, 2.45) is 0 Å². The third kappa shape index (κ3) is 3.12. The van der Waals surface area contributed by atoms with Crippen LogP contribution in [0.4, 0.5) is 0 Å². The summed E-state index contributed by atoms with van der Waals surface area (Å²) >= 11 is 8.38. The van der Waals surface area contributed by atoms with E-state index in [4.69, 9.17) is 0 Å². The second kappa shape index (κ2) is 5.85. The summed E-state index contributed by atoms with van der Waals surface area (Å²) in [5.41, 5.74) is 0. The van der Waals surface area contributed by atoms with E-state index in [-0.39, 0.29) is 5.91 Å². The van der Waals surface area contributed by atoms with Gasteiger partial charge >= 0.3 is 0 Å². The van der Waals surface area contributed by atoms with Gasteiger partial charge in [-0.05, 0) is 57.7 Å². The molecular weight excluding hydrogens is 366 g/mol. The zero-order valence-electron chi connectivity index (χ0n) is 9.71. The molecule has 2 rings (SSSR count). The first-order valence-electron chi connectivity index (χ1n) is 5.85. The zero-order chi connectivity index (χ0) is 12.4. The zero-order valence-corrected chi connectivity index (χ0v) is 13.7. The van der Waals surface area contributed by atoms with E-state index < -0.39 is 0 Å². The molecule has 1 aromatic rings. The van der Waals surface area contributed by atoms with Gasteiger partial charge in [0.1, 0.15) is 0 Å². The van der Waals surface area contributed by atoms with Crippen molar-refractivity contribution in [1.29, 1.82) is 0 Å². The Labute approximate surface area is 123 Å². The summed E-state index contributed by atoms with van der Waals surface area (Å²) in [4.78, 5) is 15.3. The molecule has 1 fully saturated rings. The maximum Gasteiger partial charge on any atom is 0.264 e. The minimum Gasteiger partial charge on any atom is -0.335 e. The molecule has 0 bridgehead atoms. The molecule has 0 saturated carbocycles. The molecule has 1 aliphatic heterocycles. The topological polar surface area (TPSA) is 20.3 Å². The highest BCUT2D eigenvalue weighted by Crippen LogP contribution is 2.33. The van der Waals surface area contributed by atoms with E-state index in [1.807, 2.05) is 11.0 Å². The van der Waals surface area contributed by atoms with Crippen LogP contribution in [-0.4, -0.2) is 23.4 Å². The Morgan fingerprint density at radius 3 is 2.82 bits per heavy atom. The van der Waals surface area contributed by atoms with E-state index >= 15 is 0 Å². The van der Waals surface area contributed by atoms with Crippen molar-refractivity contribution < 1.29 is 4.79 Å². The summed E-state index contributed by atoms with van der Waals surface area (Å²) < 4.78 is 1.96. The second-order valence-electron chi connectivity index (χ2n) is 4.43. The molecule has 0 aliphatic carbocycles. The molecule has 1 aliphatic rings. The first kappa shape index (κ1) is 13.6. The normalized spacial score (nSPS) is 21.4. The molecule has 0 N–H and O–H groups in total. The van der Waals surface area contributed by atoms with Crippen LogP contribution in [0.1, 0.15) is 42.3 Å². The predicted octanol–water partition coefficient (Wildman–Crippen LogP) is 4.68. The number of rotatable bonds is 1. The first-order valence-corrected chi connectivity index (χ1v) is 8.25. The van der Waals surface area contributed by atoms with Crippen molar-refractivity contribution in [1.82, 2.24) is 4.90 Å². The summed E-state index contributed by atoms with van der Waals surface area (Å²) in [5.74, 6) is 0.177. The van der Waals surface area contributed by atoms with Gasteiger partial charge < -0.3 is 4.90 Å². The van der Waals surface area contributed by atoms with E-state index in [2.05, 4.69) is 38.8 Å². The molecule has 0 spiro atoms. The number of carbonyl (C=O) groups excluding carboxylic acids is 1. The quantitative estimate of drug-likeness (QED) is 0.692. The smallest absolute Gasteiger partial charge is 0.264 e. The van der Waals surface area contributed by atoms with Gasteiger partial charge in [0.15, 0.2) is 0 Å². The molecule has 2 nitrogen and oxygen atoms in total. The van der Waals surface area contributed by atoms with E-state index in [1.165, 1.54) is 24.2 Å². The predicted molar refractivity (Wildman–Crippen MR) is 78.7 cm³/mol. The van der Waals surface area contributed by atoms with Gasteiger partial charge in [0, 0.05) is 17.1 Å². The lowest BCUT2D eigenvalue weighted by molar-refractivity contribution is 0.0703. The van der Waals surface area contributed by atoms with Crippen LogP contribution in [0.15, 0.2) is 14.3 Å². The summed E-state index contributed by atoms with van der Waals surface area (Å²) in [6.45, 7) is 3.05. The Morgan fingerprint density at radius 1 is 1.41 bits per heavy atom. The van der Waals surface area contributed by atoms with Crippen LogP contribution in [0.2, 0.25) is 0 Å². The Hall–Kier alpha value is 0.130. The van der Waals surface area contributed by atoms with Crippen molar-refractivity contribution in [2.75, 3.05) is 6.54 Å². The van der Waals surface area contributed by atoms with Crippen LogP contribution in [0.3, 0.4) is 0 Å². The van der Waals surface area contributed by atoms with Crippen LogP contribution >= 0.6 is 43.2 Å². The van der Waals surface area contributed by atoms with Gasteiger partial charge in [-0.25, -0.2) is 0 Å². The number of nitrogens with zero attached hydrogens (tertiary/aromatic N) is 1. The summed E-state index contributed by atoms with van der Waals surface area (Å²) in [5, 5.41) is 0. The van der Waals surface area contributed by atoms with E-state index in [0.29, 0.717) is 6.04 Å². The molecule has 0 radical (unpaired) electrons. The van der Waals surface area contributed by atoms with Crippen molar-refractivity contribution in [2.45, 2.75) is 38.6 Å². The summed E-state index contributed by atoms with van der Waals surface area (Å²) in [6.07, 6.45) is 4.73.